The first-order chi connectivity index (χ1) is 9.72. The second-order valence-corrected chi connectivity index (χ2v) is 6.89. The summed E-state index contributed by atoms with van der Waals surface area (Å²) in [4.78, 5) is 4.32. The van der Waals surface area contributed by atoms with E-state index in [1.54, 1.807) is 0 Å². The zero-order valence-corrected chi connectivity index (χ0v) is 12.3. The SMILES string of the molecule is CC(CS(=O)Cc1noc(C2CC2)n1)c1ccccc1. The summed E-state index contributed by atoms with van der Waals surface area (Å²) in [5, 5.41) is 3.92. The van der Waals surface area contributed by atoms with Crippen molar-refractivity contribution in [3.63, 3.8) is 0 Å². The Kier molecular flexibility index (Phi) is 3.96. The normalized spacial score (nSPS) is 17.9. The van der Waals surface area contributed by atoms with Gasteiger partial charge in [-0.15, -0.1) is 0 Å². The van der Waals surface area contributed by atoms with Crippen molar-refractivity contribution < 1.29 is 8.73 Å². The third-order valence-electron chi connectivity index (χ3n) is 3.50. The van der Waals surface area contributed by atoms with Crippen molar-refractivity contribution >= 4 is 10.8 Å². The molecule has 0 N–H and O–H groups in total. The Labute approximate surface area is 121 Å². The predicted molar refractivity (Wildman–Crippen MR) is 77.8 cm³/mol. The number of hydrogen-bond acceptors (Lipinski definition) is 4. The van der Waals surface area contributed by atoms with Crippen LogP contribution >= 0.6 is 0 Å². The fourth-order valence-corrected chi connectivity index (χ4v) is 3.45. The Balaban J connectivity index is 1.56. The maximum atomic E-state index is 12.2. The van der Waals surface area contributed by atoms with Crippen LogP contribution in [0.2, 0.25) is 0 Å². The summed E-state index contributed by atoms with van der Waals surface area (Å²) in [6, 6.07) is 10.2. The van der Waals surface area contributed by atoms with E-state index in [9.17, 15) is 4.21 Å². The quantitative estimate of drug-likeness (QED) is 0.820. The van der Waals surface area contributed by atoms with Gasteiger partial charge >= 0.3 is 0 Å². The molecule has 2 atom stereocenters. The molecule has 0 spiro atoms. The zero-order valence-electron chi connectivity index (χ0n) is 11.5. The number of nitrogens with zero attached hydrogens (tertiary/aromatic N) is 2. The molecule has 3 rings (SSSR count). The van der Waals surface area contributed by atoms with Gasteiger partial charge in [0.15, 0.2) is 5.82 Å². The summed E-state index contributed by atoms with van der Waals surface area (Å²) < 4.78 is 17.4. The molecule has 106 valence electrons. The minimum absolute atomic E-state index is 0.270. The first-order valence-corrected chi connectivity index (χ1v) is 8.43. The molecule has 1 aromatic carbocycles. The molecular formula is C15H18N2O2S. The third-order valence-corrected chi connectivity index (χ3v) is 4.96. The van der Waals surface area contributed by atoms with Crippen molar-refractivity contribution in [1.29, 1.82) is 0 Å². The van der Waals surface area contributed by atoms with Gasteiger partial charge in [-0.05, 0) is 24.3 Å². The summed E-state index contributed by atoms with van der Waals surface area (Å²) in [5.74, 6) is 3.02. The lowest BCUT2D eigenvalue weighted by Crippen LogP contribution is -2.09. The van der Waals surface area contributed by atoms with E-state index in [0.29, 0.717) is 29.1 Å². The van der Waals surface area contributed by atoms with E-state index in [-0.39, 0.29) is 5.92 Å². The van der Waals surface area contributed by atoms with Gasteiger partial charge in [-0.25, -0.2) is 0 Å². The highest BCUT2D eigenvalue weighted by Crippen LogP contribution is 2.38. The predicted octanol–water partition coefficient (Wildman–Crippen LogP) is 3.00. The molecule has 2 aromatic rings. The van der Waals surface area contributed by atoms with Crippen LogP contribution in [-0.4, -0.2) is 20.1 Å². The fourth-order valence-electron chi connectivity index (χ4n) is 2.18. The molecule has 0 saturated heterocycles. The first kappa shape index (κ1) is 13.5. The maximum Gasteiger partial charge on any atom is 0.229 e. The van der Waals surface area contributed by atoms with Crippen LogP contribution in [0, 0.1) is 0 Å². The number of aromatic nitrogens is 2. The van der Waals surface area contributed by atoms with Crippen LogP contribution in [0.1, 0.15) is 48.9 Å². The van der Waals surface area contributed by atoms with Crippen molar-refractivity contribution in [3.05, 3.63) is 47.6 Å². The van der Waals surface area contributed by atoms with E-state index in [0.717, 1.165) is 12.8 Å². The van der Waals surface area contributed by atoms with Crippen LogP contribution in [0.4, 0.5) is 0 Å². The Morgan fingerprint density at radius 3 is 2.80 bits per heavy atom. The van der Waals surface area contributed by atoms with Gasteiger partial charge in [0, 0.05) is 22.5 Å². The Hall–Kier alpha value is -1.49. The molecule has 1 aliphatic carbocycles. The topological polar surface area (TPSA) is 56.0 Å². The lowest BCUT2D eigenvalue weighted by molar-refractivity contribution is 0.375. The lowest BCUT2D eigenvalue weighted by atomic mass is 10.0. The molecule has 1 aromatic heterocycles. The molecule has 1 aliphatic rings. The summed E-state index contributed by atoms with van der Waals surface area (Å²) in [7, 11) is -0.966. The second-order valence-electron chi connectivity index (χ2n) is 5.39. The van der Waals surface area contributed by atoms with Crippen molar-refractivity contribution in [2.75, 3.05) is 5.75 Å². The molecule has 0 bridgehead atoms. The fraction of sp³-hybridized carbons (Fsp3) is 0.467. The summed E-state index contributed by atoms with van der Waals surface area (Å²) in [6.45, 7) is 2.10. The largest absolute Gasteiger partial charge is 0.339 e. The van der Waals surface area contributed by atoms with Gasteiger partial charge in [0.25, 0.3) is 0 Å². The van der Waals surface area contributed by atoms with E-state index in [2.05, 4.69) is 29.2 Å². The van der Waals surface area contributed by atoms with Gasteiger partial charge in [-0.1, -0.05) is 42.4 Å². The van der Waals surface area contributed by atoms with Crippen LogP contribution < -0.4 is 0 Å². The minimum Gasteiger partial charge on any atom is -0.339 e. The van der Waals surface area contributed by atoms with E-state index < -0.39 is 10.8 Å². The highest BCUT2D eigenvalue weighted by atomic mass is 32.2. The minimum atomic E-state index is -0.966. The number of benzene rings is 1. The standard InChI is InChI=1S/C15H18N2O2S/c1-11(12-5-3-2-4-6-12)9-20(18)10-14-16-15(19-17-14)13-7-8-13/h2-6,11,13H,7-10H2,1H3. The molecule has 1 fully saturated rings. The Morgan fingerprint density at radius 2 is 2.10 bits per heavy atom. The van der Waals surface area contributed by atoms with Crippen molar-refractivity contribution in [2.24, 2.45) is 0 Å². The average molecular weight is 290 g/mol. The smallest absolute Gasteiger partial charge is 0.229 e. The number of rotatable bonds is 6. The lowest BCUT2D eigenvalue weighted by Gasteiger charge is -2.10. The van der Waals surface area contributed by atoms with Crippen LogP contribution in [0.5, 0.6) is 0 Å². The van der Waals surface area contributed by atoms with E-state index >= 15 is 0 Å². The van der Waals surface area contributed by atoms with Crippen molar-refractivity contribution in [1.82, 2.24) is 10.1 Å². The van der Waals surface area contributed by atoms with Crippen LogP contribution in [0.15, 0.2) is 34.9 Å². The third kappa shape index (κ3) is 3.33. The second kappa shape index (κ2) is 5.87. The van der Waals surface area contributed by atoms with Crippen molar-refractivity contribution in [3.8, 4) is 0 Å². The van der Waals surface area contributed by atoms with Gasteiger partial charge in [-0.3, -0.25) is 4.21 Å². The summed E-state index contributed by atoms with van der Waals surface area (Å²) in [5.41, 5.74) is 1.22. The molecular weight excluding hydrogens is 272 g/mol. The molecule has 5 heteroatoms. The van der Waals surface area contributed by atoms with E-state index in [4.69, 9.17) is 4.52 Å². The van der Waals surface area contributed by atoms with E-state index in [1.807, 2.05) is 18.2 Å². The van der Waals surface area contributed by atoms with Crippen molar-refractivity contribution in [2.45, 2.75) is 37.4 Å². The summed E-state index contributed by atoms with van der Waals surface area (Å²) in [6.07, 6.45) is 2.27. The molecule has 0 aliphatic heterocycles. The molecule has 0 amide bonds. The highest BCUT2D eigenvalue weighted by Gasteiger charge is 2.29. The molecule has 20 heavy (non-hydrogen) atoms. The highest BCUT2D eigenvalue weighted by molar-refractivity contribution is 7.84. The van der Waals surface area contributed by atoms with Crippen LogP contribution in [0.3, 0.4) is 0 Å². The van der Waals surface area contributed by atoms with E-state index in [1.165, 1.54) is 5.56 Å². The van der Waals surface area contributed by atoms with Gasteiger partial charge in [0.1, 0.15) is 0 Å². The van der Waals surface area contributed by atoms with Gasteiger partial charge in [0.2, 0.25) is 5.89 Å². The molecule has 2 unspecified atom stereocenters. The maximum absolute atomic E-state index is 12.2. The van der Waals surface area contributed by atoms with Gasteiger partial charge in [0.05, 0.1) is 5.75 Å². The molecule has 0 radical (unpaired) electrons. The van der Waals surface area contributed by atoms with Gasteiger partial charge < -0.3 is 4.52 Å². The van der Waals surface area contributed by atoms with Crippen LogP contribution in [-0.2, 0) is 16.6 Å². The van der Waals surface area contributed by atoms with Crippen LogP contribution in [0.25, 0.3) is 0 Å². The molecule has 1 saturated carbocycles. The number of hydrogen-bond donors (Lipinski definition) is 0. The van der Waals surface area contributed by atoms with Gasteiger partial charge in [-0.2, -0.15) is 4.98 Å². The average Bonchev–Trinajstić information content (AvgIpc) is 3.20. The summed E-state index contributed by atoms with van der Waals surface area (Å²) >= 11 is 0. The Morgan fingerprint density at radius 1 is 1.35 bits per heavy atom. The first-order valence-electron chi connectivity index (χ1n) is 6.95. The Bertz CT molecular complexity index is 593. The zero-order chi connectivity index (χ0) is 13.9. The molecule has 1 heterocycles. The molecule has 4 nitrogen and oxygen atoms in total. The monoisotopic (exact) mass is 290 g/mol.